The lowest BCUT2D eigenvalue weighted by Crippen LogP contribution is -1.87. The number of phenols is 1. The van der Waals surface area contributed by atoms with Gasteiger partial charge in [-0.05, 0) is 30.5 Å². The van der Waals surface area contributed by atoms with Gasteiger partial charge in [-0.3, -0.25) is 0 Å². The summed E-state index contributed by atoms with van der Waals surface area (Å²) in [7, 11) is 0. The summed E-state index contributed by atoms with van der Waals surface area (Å²) in [6.07, 6.45) is 14.4. The summed E-state index contributed by atoms with van der Waals surface area (Å²) in [6, 6.07) is 5.42. The molecule has 0 spiro atoms. The average molecular weight is 297 g/mol. The minimum absolute atomic E-state index is 0.341. The topological polar surface area (TPSA) is 20.2 Å². The SMILES string of the molecule is CCCCCCCCCCCCc1ccc(Cl)cc1O. The van der Waals surface area contributed by atoms with Crippen LogP contribution in [0.4, 0.5) is 0 Å². The second kappa shape index (κ2) is 11.0. The molecular weight excluding hydrogens is 268 g/mol. The Labute approximate surface area is 129 Å². The third-order valence-electron chi connectivity index (χ3n) is 3.85. The second-order valence-corrected chi connectivity index (χ2v) is 6.14. The van der Waals surface area contributed by atoms with E-state index in [-0.39, 0.29) is 0 Å². The van der Waals surface area contributed by atoms with E-state index in [0.717, 1.165) is 18.4 Å². The van der Waals surface area contributed by atoms with Crippen molar-refractivity contribution in [3.05, 3.63) is 28.8 Å². The van der Waals surface area contributed by atoms with E-state index in [9.17, 15) is 5.11 Å². The summed E-state index contributed by atoms with van der Waals surface area (Å²) in [5, 5.41) is 10.4. The van der Waals surface area contributed by atoms with Crippen molar-refractivity contribution in [2.75, 3.05) is 0 Å². The molecule has 0 heterocycles. The Hall–Kier alpha value is -0.690. The van der Waals surface area contributed by atoms with E-state index in [1.807, 2.05) is 12.1 Å². The molecule has 1 aromatic carbocycles. The highest BCUT2D eigenvalue weighted by Gasteiger charge is 2.01. The molecule has 114 valence electrons. The van der Waals surface area contributed by atoms with Crippen molar-refractivity contribution in [2.45, 2.75) is 77.6 Å². The summed E-state index contributed by atoms with van der Waals surface area (Å²) in [5.74, 6) is 0.341. The van der Waals surface area contributed by atoms with E-state index in [1.54, 1.807) is 6.07 Å². The van der Waals surface area contributed by atoms with Crippen molar-refractivity contribution in [1.82, 2.24) is 0 Å². The van der Waals surface area contributed by atoms with Crippen LogP contribution in [0.3, 0.4) is 0 Å². The molecule has 0 amide bonds. The van der Waals surface area contributed by atoms with E-state index in [0.29, 0.717) is 10.8 Å². The number of hydrogen-bond donors (Lipinski definition) is 1. The summed E-state index contributed by atoms with van der Waals surface area (Å²) >= 11 is 5.82. The zero-order chi connectivity index (χ0) is 14.6. The molecule has 0 unspecified atom stereocenters. The molecule has 0 aliphatic carbocycles. The van der Waals surface area contributed by atoms with Gasteiger partial charge in [-0.15, -0.1) is 0 Å². The van der Waals surface area contributed by atoms with Gasteiger partial charge < -0.3 is 5.11 Å². The fraction of sp³-hybridized carbons (Fsp3) is 0.667. The number of aryl methyl sites for hydroxylation is 1. The molecule has 1 N–H and O–H groups in total. The molecule has 0 radical (unpaired) electrons. The Morgan fingerprint density at radius 1 is 0.850 bits per heavy atom. The molecule has 1 aromatic rings. The van der Waals surface area contributed by atoms with Crippen LogP contribution in [0.5, 0.6) is 5.75 Å². The third kappa shape index (κ3) is 7.79. The largest absolute Gasteiger partial charge is 0.508 e. The van der Waals surface area contributed by atoms with Gasteiger partial charge in [0.25, 0.3) is 0 Å². The van der Waals surface area contributed by atoms with Crippen LogP contribution in [0.25, 0.3) is 0 Å². The normalized spacial score (nSPS) is 10.9. The van der Waals surface area contributed by atoms with Crippen molar-refractivity contribution < 1.29 is 5.11 Å². The standard InChI is InChI=1S/C18H29ClO/c1-2-3-4-5-6-7-8-9-10-11-12-16-13-14-17(19)15-18(16)20/h13-15,20H,2-12H2,1H3. The number of aromatic hydroxyl groups is 1. The second-order valence-electron chi connectivity index (χ2n) is 5.71. The number of benzene rings is 1. The lowest BCUT2D eigenvalue weighted by molar-refractivity contribution is 0.466. The van der Waals surface area contributed by atoms with Crippen LogP contribution in [0.15, 0.2) is 18.2 Å². The first kappa shape index (κ1) is 17.4. The number of phenolic OH excluding ortho intramolecular Hbond substituents is 1. The van der Waals surface area contributed by atoms with Crippen molar-refractivity contribution in [3.8, 4) is 5.75 Å². The zero-order valence-electron chi connectivity index (χ0n) is 12.8. The molecule has 0 atom stereocenters. The third-order valence-corrected chi connectivity index (χ3v) is 4.08. The molecule has 0 fully saturated rings. The molecule has 1 nitrogen and oxygen atoms in total. The van der Waals surface area contributed by atoms with Gasteiger partial charge in [0.15, 0.2) is 0 Å². The maximum absolute atomic E-state index is 9.75. The molecule has 0 bridgehead atoms. The van der Waals surface area contributed by atoms with E-state index in [4.69, 9.17) is 11.6 Å². The zero-order valence-corrected chi connectivity index (χ0v) is 13.6. The summed E-state index contributed by atoms with van der Waals surface area (Å²) in [4.78, 5) is 0. The highest BCUT2D eigenvalue weighted by Crippen LogP contribution is 2.23. The molecule has 0 aliphatic heterocycles. The lowest BCUT2D eigenvalue weighted by Gasteiger charge is -2.05. The Balaban J connectivity index is 1.97. The van der Waals surface area contributed by atoms with Crippen LogP contribution < -0.4 is 0 Å². The van der Waals surface area contributed by atoms with Gasteiger partial charge in [0.05, 0.1) is 0 Å². The Bertz CT molecular complexity index is 362. The van der Waals surface area contributed by atoms with Crippen LogP contribution in [-0.2, 0) is 6.42 Å². The van der Waals surface area contributed by atoms with Crippen LogP contribution in [0, 0.1) is 0 Å². The highest BCUT2D eigenvalue weighted by atomic mass is 35.5. The summed E-state index contributed by atoms with van der Waals surface area (Å²) < 4.78 is 0. The van der Waals surface area contributed by atoms with Crippen LogP contribution in [0.1, 0.15) is 76.7 Å². The molecular formula is C18H29ClO. The van der Waals surface area contributed by atoms with E-state index < -0.39 is 0 Å². The molecule has 0 saturated carbocycles. The Morgan fingerprint density at radius 3 is 1.95 bits per heavy atom. The van der Waals surface area contributed by atoms with E-state index in [1.165, 1.54) is 57.8 Å². The van der Waals surface area contributed by atoms with Crippen molar-refractivity contribution >= 4 is 11.6 Å². The van der Waals surface area contributed by atoms with Crippen LogP contribution >= 0.6 is 11.6 Å². The monoisotopic (exact) mass is 296 g/mol. The number of hydrogen-bond acceptors (Lipinski definition) is 1. The van der Waals surface area contributed by atoms with Gasteiger partial charge >= 0.3 is 0 Å². The minimum atomic E-state index is 0.341. The average Bonchev–Trinajstić information content (AvgIpc) is 2.43. The van der Waals surface area contributed by atoms with Crippen LogP contribution in [-0.4, -0.2) is 5.11 Å². The first-order chi connectivity index (χ1) is 9.74. The molecule has 2 heteroatoms. The van der Waals surface area contributed by atoms with Crippen molar-refractivity contribution in [1.29, 1.82) is 0 Å². The lowest BCUT2D eigenvalue weighted by atomic mass is 10.0. The first-order valence-electron chi connectivity index (χ1n) is 8.21. The smallest absolute Gasteiger partial charge is 0.120 e. The number of halogens is 1. The molecule has 20 heavy (non-hydrogen) atoms. The van der Waals surface area contributed by atoms with Crippen LogP contribution in [0.2, 0.25) is 5.02 Å². The van der Waals surface area contributed by atoms with Gasteiger partial charge in [0, 0.05) is 5.02 Å². The highest BCUT2D eigenvalue weighted by molar-refractivity contribution is 6.30. The van der Waals surface area contributed by atoms with E-state index in [2.05, 4.69) is 6.92 Å². The molecule has 0 aromatic heterocycles. The van der Waals surface area contributed by atoms with Gasteiger partial charge in [-0.25, -0.2) is 0 Å². The van der Waals surface area contributed by atoms with Crippen molar-refractivity contribution in [2.24, 2.45) is 0 Å². The van der Waals surface area contributed by atoms with Crippen molar-refractivity contribution in [3.63, 3.8) is 0 Å². The Morgan fingerprint density at radius 2 is 1.40 bits per heavy atom. The minimum Gasteiger partial charge on any atom is -0.508 e. The fourth-order valence-corrected chi connectivity index (χ4v) is 2.72. The number of unbranched alkanes of at least 4 members (excludes halogenated alkanes) is 9. The van der Waals surface area contributed by atoms with Gasteiger partial charge in [0.2, 0.25) is 0 Å². The molecule has 0 aliphatic rings. The predicted molar refractivity (Wildman–Crippen MR) is 88.7 cm³/mol. The van der Waals surface area contributed by atoms with Gasteiger partial charge in [-0.2, -0.15) is 0 Å². The maximum Gasteiger partial charge on any atom is 0.120 e. The summed E-state index contributed by atoms with van der Waals surface area (Å²) in [6.45, 7) is 2.26. The number of rotatable bonds is 11. The predicted octanol–water partition coefficient (Wildman–Crippen LogP) is 6.51. The Kier molecular flexibility index (Phi) is 9.57. The molecule has 1 rings (SSSR count). The summed E-state index contributed by atoms with van der Waals surface area (Å²) in [5.41, 5.74) is 1.02. The quantitative estimate of drug-likeness (QED) is 0.461. The fourth-order valence-electron chi connectivity index (χ4n) is 2.55. The van der Waals surface area contributed by atoms with Gasteiger partial charge in [-0.1, -0.05) is 82.4 Å². The maximum atomic E-state index is 9.75. The van der Waals surface area contributed by atoms with E-state index >= 15 is 0 Å². The first-order valence-corrected chi connectivity index (χ1v) is 8.59. The van der Waals surface area contributed by atoms with Gasteiger partial charge in [0.1, 0.15) is 5.75 Å². The molecule has 0 saturated heterocycles.